The molecule has 0 bridgehead atoms. The number of hydrogen-bond acceptors (Lipinski definition) is 11. The minimum absolute atomic E-state index is 0.0310. The summed E-state index contributed by atoms with van der Waals surface area (Å²) in [6, 6.07) is 3.55. The molecule has 0 radical (unpaired) electrons. The first-order valence-corrected chi connectivity index (χ1v) is 10.1. The van der Waals surface area contributed by atoms with E-state index in [9.17, 15) is 39.9 Å². The molecule has 2 rings (SSSR count). The number of nitro benzene ring substituents is 3. The van der Waals surface area contributed by atoms with E-state index < -0.39 is 60.5 Å². The van der Waals surface area contributed by atoms with E-state index in [1.807, 2.05) is 0 Å². The van der Waals surface area contributed by atoms with E-state index in [1.54, 1.807) is 6.92 Å². The lowest BCUT2D eigenvalue weighted by molar-refractivity contribution is -0.393. The third-order valence-electron chi connectivity index (χ3n) is 4.32. The lowest BCUT2D eigenvalue weighted by atomic mass is 9.96. The zero-order chi connectivity index (χ0) is 24.9. The zero-order valence-corrected chi connectivity index (χ0v) is 18.4. The highest BCUT2D eigenvalue weighted by molar-refractivity contribution is 7.99. The van der Waals surface area contributed by atoms with Crippen LogP contribution >= 0.6 is 11.8 Å². The van der Waals surface area contributed by atoms with Crippen molar-refractivity contribution in [1.29, 1.82) is 0 Å². The molecule has 2 aromatic carbocycles. The molecule has 0 saturated heterocycles. The van der Waals surface area contributed by atoms with Gasteiger partial charge in [-0.25, -0.2) is 9.59 Å². The van der Waals surface area contributed by atoms with E-state index in [0.29, 0.717) is 12.2 Å². The second-order valence-electron chi connectivity index (χ2n) is 6.36. The summed E-state index contributed by atoms with van der Waals surface area (Å²) >= 11 is 1.02. The molecule has 174 valence electrons. The predicted octanol–water partition coefficient (Wildman–Crippen LogP) is 4.15. The normalized spacial score (nSPS) is 10.4. The maximum atomic E-state index is 12.0. The predicted molar refractivity (Wildman–Crippen MR) is 116 cm³/mol. The van der Waals surface area contributed by atoms with Gasteiger partial charge in [-0.1, -0.05) is 6.92 Å². The van der Waals surface area contributed by atoms with Gasteiger partial charge < -0.3 is 9.47 Å². The van der Waals surface area contributed by atoms with Crippen LogP contribution in [0.1, 0.15) is 34.1 Å². The SMILES string of the molecule is CCCSc1cc(C(=O)OC)cc([N+](=O)[O-])c1-c1c([N+](=O)[O-])cc(C(=O)OC)cc1[N+](=O)[O-]. The van der Waals surface area contributed by atoms with Crippen molar-refractivity contribution in [3.05, 3.63) is 65.7 Å². The van der Waals surface area contributed by atoms with E-state index in [2.05, 4.69) is 9.47 Å². The number of carbonyl (C=O) groups is 2. The molecular formula is C19H17N3O10S. The highest BCUT2D eigenvalue weighted by atomic mass is 32.2. The van der Waals surface area contributed by atoms with Gasteiger partial charge in [0, 0.05) is 23.1 Å². The summed E-state index contributed by atoms with van der Waals surface area (Å²) in [5, 5.41) is 35.6. The molecule has 0 amide bonds. The van der Waals surface area contributed by atoms with Crippen LogP contribution in [0.15, 0.2) is 29.2 Å². The molecular weight excluding hydrogens is 462 g/mol. The molecule has 0 aromatic heterocycles. The standard InChI is InChI=1S/C19H17N3O10S/c1-4-5-33-15-9-11(19(24)32-3)8-14(22(29)30)17(15)16-12(20(25)26)6-10(18(23)31-2)7-13(16)21(27)28/h6-9H,4-5H2,1-3H3. The quantitative estimate of drug-likeness (QED) is 0.218. The number of nitro groups is 3. The number of ether oxygens (including phenoxy) is 2. The largest absolute Gasteiger partial charge is 0.465 e. The van der Waals surface area contributed by atoms with Crippen molar-refractivity contribution in [1.82, 2.24) is 0 Å². The molecule has 14 heteroatoms. The van der Waals surface area contributed by atoms with Crippen LogP contribution in [0, 0.1) is 30.3 Å². The first-order chi connectivity index (χ1) is 15.6. The molecule has 0 unspecified atom stereocenters. The van der Waals surface area contributed by atoms with Crippen molar-refractivity contribution in [3.8, 4) is 11.1 Å². The van der Waals surface area contributed by atoms with E-state index in [1.165, 1.54) is 6.07 Å². The fourth-order valence-electron chi connectivity index (χ4n) is 2.95. The maximum absolute atomic E-state index is 12.0. The van der Waals surface area contributed by atoms with Gasteiger partial charge in [0.2, 0.25) is 0 Å². The second-order valence-corrected chi connectivity index (χ2v) is 7.50. The van der Waals surface area contributed by atoms with E-state index in [-0.39, 0.29) is 10.5 Å². The Balaban J connectivity index is 3.10. The Morgan fingerprint density at radius 1 is 0.788 bits per heavy atom. The number of carbonyl (C=O) groups excluding carboxylic acids is 2. The number of thioether (sulfide) groups is 1. The zero-order valence-electron chi connectivity index (χ0n) is 17.6. The molecule has 2 aromatic rings. The summed E-state index contributed by atoms with van der Waals surface area (Å²) in [6.07, 6.45) is 0.589. The van der Waals surface area contributed by atoms with Crippen LogP contribution in [0.4, 0.5) is 17.1 Å². The molecule has 0 fully saturated rings. The van der Waals surface area contributed by atoms with Crippen LogP contribution in [0.25, 0.3) is 11.1 Å². The van der Waals surface area contributed by atoms with E-state index >= 15 is 0 Å². The smallest absolute Gasteiger partial charge is 0.338 e. The summed E-state index contributed by atoms with van der Waals surface area (Å²) in [5.74, 6) is -1.58. The van der Waals surface area contributed by atoms with Crippen molar-refractivity contribution >= 4 is 40.8 Å². The van der Waals surface area contributed by atoms with E-state index in [4.69, 9.17) is 0 Å². The Hall–Kier alpha value is -4.07. The molecule has 33 heavy (non-hydrogen) atoms. The van der Waals surface area contributed by atoms with Gasteiger partial charge in [-0.2, -0.15) is 0 Å². The van der Waals surface area contributed by atoms with Gasteiger partial charge in [-0.05, 0) is 18.2 Å². The van der Waals surface area contributed by atoms with Gasteiger partial charge in [0.05, 0.1) is 45.7 Å². The minimum Gasteiger partial charge on any atom is -0.465 e. The fourth-order valence-corrected chi connectivity index (χ4v) is 3.93. The Bertz CT molecular complexity index is 1130. The lowest BCUT2D eigenvalue weighted by Crippen LogP contribution is -2.08. The molecule has 0 saturated carbocycles. The first kappa shape index (κ1) is 25.2. The van der Waals surface area contributed by atoms with E-state index in [0.717, 1.165) is 44.2 Å². The van der Waals surface area contributed by atoms with Gasteiger partial charge in [0.25, 0.3) is 17.1 Å². The average molecular weight is 479 g/mol. The van der Waals surface area contributed by atoms with Crippen LogP contribution in [-0.2, 0) is 9.47 Å². The summed E-state index contributed by atoms with van der Waals surface area (Å²) in [5.41, 5.74) is -4.35. The monoisotopic (exact) mass is 479 g/mol. The van der Waals surface area contributed by atoms with Crippen molar-refractivity contribution in [2.45, 2.75) is 18.2 Å². The van der Waals surface area contributed by atoms with Crippen molar-refractivity contribution in [2.24, 2.45) is 0 Å². The van der Waals surface area contributed by atoms with Crippen LogP contribution in [0.5, 0.6) is 0 Å². The molecule has 0 aliphatic heterocycles. The van der Waals surface area contributed by atoms with Crippen LogP contribution in [0.3, 0.4) is 0 Å². The summed E-state index contributed by atoms with van der Waals surface area (Å²) in [4.78, 5) is 56.7. The van der Waals surface area contributed by atoms with Gasteiger partial charge in [-0.3, -0.25) is 30.3 Å². The number of methoxy groups -OCH3 is 2. The third-order valence-corrected chi connectivity index (χ3v) is 5.57. The van der Waals surface area contributed by atoms with Crippen molar-refractivity contribution in [3.63, 3.8) is 0 Å². The molecule has 0 atom stereocenters. The van der Waals surface area contributed by atoms with Crippen molar-refractivity contribution in [2.75, 3.05) is 20.0 Å². The second kappa shape index (κ2) is 10.5. The fraction of sp³-hybridized carbons (Fsp3) is 0.263. The highest BCUT2D eigenvalue weighted by Crippen LogP contribution is 2.48. The molecule has 0 aliphatic carbocycles. The van der Waals surface area contributed by atoms with Crippen LogP contribution in [0.2, 0.25) is 0 Å². The molecule has 0 spiro atoms. The number of nitrogens with zero attached hydrogens (tertiary/aromatic N) is 3. The summed E-state index contributed by atoms with van der Waals surface area (Å²) in [6.45, 7) is 1.81. The van der Waals surface area contributed by atoms with Gasteiger partial charge in [0.1, 0.15) is 5.56 Å². The van der Waals surface area contributed by atoms with Crippen molar-refractivity contribution < 1.29 is 33.8 Å². The molecule has 0 heterocycles. The Labute approximate surface area is 190 Å². The highest BCUT2D eigenvalue weighted by Gasteiger charge is 2.36. The third kappa shape index (κ3) is 5.23. The summed E-state index contributed by atoms with van der Waals surface area (Å²) < 4.78 is 9.11. The number of hydrogen-bond donors (Lipinski definition) is 0. The average Bonchev–Trinajstić information content (AvgIpc) is 2.79. The number of rotatable bonds is 9. The number of esters is 2. The van der Waals surface area contributed by atoms with Gasteiger partial charge in [0.15, 0.2) is 0 Å². The number of benzene rings is 2. The van der Waals surface area contributed by atoms with Crippen LogP contribution in [-0.4, -0.2) is 46.7 Å². The lowest BCUT2D eigenvalue weighted by Gasteiger charge is -2.13. The van der Waals surface area contributed by atoms with Crippen LogP contribution < -0.4 is 0 Å². The molecule has 0 aliphatic rings. The summed E-state index contributed by atoms with van der Waals surface area (Å²) in [7, 11) is 2.06. The maximum Gasteiger partial charge on any atom is 0.338 e. The first-order valence-electron chi connectivity index (χ1n) is 9.16. The Morgan fingerprint density at radius 2 is 1.18 bits per heavy atom. The topological polar surface area (TPSA) is 182 Å². The Morgan fingerprint density at radius 3 is 1.55 bits per heavy atom. The van der Waals surface area contributed by atoms with Gasteiger partial charge >= 0.3 is 11.9 Å². The minimum atomic E-state index is -1.07. The molecule has 13 nitrogen and oxygen atoms in total. The Kier molecular flexibility index (Phi) is 8.01. The molecule has 0 N–H and O–H groups in total. The van der Waals surface area contributed by atoms with Gasteiger partial charge in [-0.15, -0.1) is 11.8 Å².